The maximum absolute atomic E-state index is 6.95. The fourth-order valence-electron chi connectivity index (χ4n) is 1.44. The number of nitrogens with zero attached hydrogens (tertiary/aromatic N) is 1. The van der Waals surface area contributed by atoms with Gasteiger partial charge in [-0.15, -0.1) is 0 Å². The lowest BCUT2D eigenvalue weighted by Gasteiger charge is -2.26. The molecule has 1 rings (SSSR count). The maximum Gasteiger partial charge on any atom is 0.0330 e. The minimum atomic E-state index is 0.830. The smallest absolute Gasteiger partial charge is 0.0330 e. The molecule has 0 unspecified atom stereocenters. The minimum Gasteiger partial charge on any atom is -0.312 e. The molecule has 1 aliphatic rings. The molecule has 0 aromatic rings. The summed E-state index contributed by atoms with van der Waals surface area (Å²) >= 11 is 0. The molecule has 62 valence electrons. The summed E-state index contributed by atoms with van der Waals surface area (Å²) in [6.45, 7) is 5.21. The van der Waals surface area contributed by atoms with E-state index in [0.29, 0.717) is 0 Å². The van der Waals surface area contributed by atoms with Crippen LogP contribution in [0.4, 0.5) is 0 Å². The van der Waals surface area contributed by atoms with Crippen molar-refractivity contribution < 1.29 is 0 Å². The molecular formula is C9H16N2. The van der Waals surface area contributed by atoms with Crippen molar-refractivity contribution in [3.05, 3.63) is 11.6 Å². The molecule has 0 aromatic carbocycles. The number of likely N-dealkylation sites (tertiary alicyclic amines) is 1. The van der Waals surface area contributed by atoms with Crippen molar-refractivity contribution in [1.82, 2.24) is 4.90 Å². The molecule has 0 bridgehead atoms. The van der Waals surface area contributed by atoms with Gasteiger partial charge in [-0.1, -0.05) is 11.6 Å². The van der Waals surface area contributed by atoms with Crippen LogP contribution in [0.3, 0.4) is 0 Å². The van der Waals surface area contributed by atoms with E-state index in [9.17, 15) is 0 Å². The summed E-state index contributed by atoms with van der Waals surface area (Å²) in [5, 5.41) is 6.95. The van der Waals surface area contributed by atoms with Gasteiger partial charge in [0, 0.05) is 25.8 Å². The topological polar surface area (TPSA) is 27.1 Å². The van der Waals surface area contributed by atoms with Crippen molar-refractivity contribution in [2.45, 2.75) is 19.8 Å². The molecule has 2 nitrogen and oxygen atoms in total. The van der Waals surface area contributed by atoms with Crippen molar-refractivity contribution in [1.29, 1.82) is 5.41 Å². The summed E-state index contributed by atoms with van der Waals surface area (Å²) < 4.78 is 0. The molecule has 0 atom stereocenters. The first kappa shape index (κ1) is 8.47. The summed E-state index contributed by atoms with van der Waals surface area (Å²) in [6, 6.07) is 0. The summed E-state index contributed by atoms with van der Waals surface area (Å²) in [5.74, 6) is 0. The lowest BCUT2D eigenvalue weighted by Crippen LogP contribution is -2.31. The molecule has 1 heterocycles. The van der Waals surface area contributed by atoms with Crippen molar-refractivity contribution in [2.75, 3.05) is 19.6 Å². The zero-order chi connectivity index (χ0) is 8.10. The van der Waals surface area contributed by atoms with Gasteiger partial charge in [-0.3, -0.25) is 4.90 Å². The average molecular weight is 152 g/mol. The molecule has 0 radical (unpaired) electrons. The number of nitrogens with one attached hydrogen (secondary N) is 1. The molecule has 0 aromatic heterocycles. The van der Waals surface area contributed by atoms with E-state index in [0.717, 1.165) is 19.6 Å². The van der Waals surface area contributed by atoms with E-state index in [1.165, 1.54) is 19.1 Å². The van der Waals surface area contributed by atoms with E-state index < -0.39 is 0 Å². The second-order valence-electron chi connectivity index (χ2n) is 2.95. The Balaban J connectivity index is 2.29. The van der Waals surface area contributed by atoms with Crippen LogP contribution in [0.15, 0.2) is 11.6 Å². The Labute approximate surface area is 68.4 Å². The maximum atomic E-state index is 6.95. The van der Waals surface area contributed by atoms with Gasteiger partial charge in [0.25, 0.3) is 0 Å². The van der Waals surface area contributed by atoms with Crippen LogP contribution in [0.2, 0.25) is 0 Å². The second-order valence-corrected chi connectivity index (χ2v) is 2.95. The molecule has 0 saturated carbocycles. The molecule has 0 amide bonds. The van der Waals surface area contributed by atoms with Gasteiger partial charge in [0.2, 0.25) is 0 Å². The number of hydrogen-bond donors (Lipinski definition) is 1. The van der Waals surface area contributed by atoms with E-state index in [1.54, 1.807) is 5.57 Å². The van der Waals surface area contributed by atoms with Crippen LogP contribution in [0.5, 0.6) is 0 Å². The van der Waals surface area contributed by atoms with Gasteiger partial charge < -0.3 is 5.41 Å². The molecule has 1 aliphatic heterocycles. The third-order valence-corrected chi connectivity index (χ3v) is 2.26. The molecule has 0 spiro atoms. The lowest BCUT2D eigenvalue weighted by molar-refractivity contribution is 0.292. The molecule has 11 heavy (non-hydrogen) atoms. The van der Waals surface area contributed by atoms with E-state index in [4.69, 9.17) is 5.41 Å². The molecule has 0 aliphatic carbocycles. The van der Waals surface area contributed by atoms with Gasteiger partial charge >= 0.3 is 0 Å². The number of hydrogen-bond acceptors (Lipinski definition) is 2. The fourth-order valence-corrected chi connectivity index (χ4v) is 1.44. The first-order chi connectivity index (χ1) is 5.36. The van der Waals surface area contributed by atoms with Crippen LogP contribution < -0.4 is 0 Å². The minimum absolute atomic E-state index is 0.830. The highest BCUT2D eigenvalue weighted by atomic mass is 15.1. The van der Waals surface area contributed by atoms with Crippen LogP contribution in [-0.2, 0) is 0 Å². The SMILES string of the molecule is CC=C1CCN(CC=N)CC1. The molecular weight excluding hydrogens is 136 g/mol. The van der Waals surface area contributed by atoms with E-state index >= 15 is 0 Å². The van der Waals surface area contributed by atoms with Crippen LogP contribution in [0.1, 0.15) is 19.8 Å². The summed E-state index contributed by atoms with van der Waals surface area (Å²) in [4.78, 5) is 2.32. The quantitative estimate of drug-likeness (QED) is 0.473. The highest BCUT2D eigenvalue weighted by Gasteiger charge is 2.10. The Kier molecular flexibility index (Phi) is 3.30. The first-order valence-corrected chi connectivity index (χ1v) is 4.22. The third kappa shape index (κ3) is 2.46. The van der Waals surface area contributed by atoms with Crippen LogP contribution >= 0.6 is 0 Å². The Hall–Kier alpha value is -0.630. The van der Waals surface area contributed by atoms with Crippen molar-refractivity contribution in [3.8, 4) is 0 Å². The average Bonchev–Trinajstić information content (AvgIpc) is 2.07. The largest absolute Gasteiger partial charge is 0.312 e. The highest BCUT2D eigenvalue weighted by molar-refractivity contribution is 5.55. The van der Waals surface area contributed by atoms with Gasteiger partial charge in [-0.05, 0) is 19.8 Å². The zero-order valence-electron chi connectivity index (χ0n) is 7.14. The Morgan fingerprint density at radius 1 is 1.45 bits per heavy atom. The standard InChI is InChI=1S/C9H16N2/c1-2-9-3-6-11(7-4-9)8-5-10/h2,5,10H,3-4,6-8H2,1H3. The predicted molar refractivity (Wildman–Crippen MR) is 48.2 cm³/mol. The lowest BCUT2D eigenvalue weighted by atomic mass is 10.0. The zero-order valence-corrected chi connectivity index (χ0v) is 7.14. The third-order valence-electron chi connectivity index (χ3n) is 2.26. The summed E-state index contributed by atoms with van der Waals surface area (Å²) in [6.07, 6.45) is 6.11. The van der Waals surface area contributed by atoms with Gasteiger partial charge in [0.15, 0.2) is 0 Å². The normalized spacial score (nSPS) is 19.9. The van der Waals surface area contributed by atoms with Crippen molar-refractivity contribution in [2.24, 2.45) is 0 Å². The first-order valence-electron chi connectivity index (χ1n) is 4.22. The van der Waals surface area contributed by atoms with E-state index in [2.05, 4.69) is 17.9 Å². The summed E-state index contributed by atoms with van der Waals surface area (Å²) in [7, 11) is 0. The van der Waals surface area contributed by atoms with Crippen molar-refractivity contribution in [3.63, 3.8) is 0 Å². The van der Waals surface area contributed by atoms with Gasteiger partial charge in [-0.2, -0.15) is 0 Å². The van der Waals surface area contributed by atoms with E-state index in [1.807, 2.05) is 0 Å². The number of allylic oxidation sites excluding steroid dienone is 1. The summed E-state index contributed by atoms with van der Waals surface area (Å²) in [5.41, 5.74) is 1.58. The van der Waals surface area contributed by atoms with Crippen LogP contribution in [-0.4, -0.2) is 30.7 Å². The van der Waals surface area contributed by atoms with Crippen LogP contribution in [0.25, 0.3) is 0 Å². The van der Waals surface area contributed by atoms with E-state index in [-0.39, 0.29) is 0 Å². The molecule has 1 fully saturated rings. The molecule has 1 saturated heterocycles. The fraction of sp³-hybridized carbons (Fsp3) is 0.667. The number of piperidine rings is 1. The van der Waals surface area contributed by atoms with Crippen molar-refractivity contribution >= 4 is 6.21 Å². The Morgan fingerprint density at radius 2 is 2.09 bits per heavy atom. The number of rotatable bonds is 2. The molecule has 2 heteroatoms. The molecule has 1 N–H and O–H groups in total. The highest BCUT2D eigenvalue weighted by Crippen LogP contribution is 2.14. The Bertz CT molecular complexity index is 151. The van der Waals surface area contributed by atoms with Crippen LogP contribution in [0, 0.1) is 5.41 Å². The second kappa shape index (κ2) is 4.29. The Morgan fingerprint density at radius 3 is 2.55 bits per heavy atom. The van der Waals surface area contributed by atoms with Gasteiger partial charge in [-0.25, -0.2) is 0 Å². The predicted octanol–water partition coefficient (Wildman–Crippen LogP) is 1.68. The van der Waals surface area contributed by atoms with Gasteiger partial charge in [0.1, 0.15) is 0 Å². The van der Waals surface area contributed by atoms with Gasteiger partial charge in [0.05, 0.1) is 0 Å². The monoisotopic (exact) mass is 152 g/mol.